The van der Waals surface area contributed by atoms with Crippen molar-refractivity contribution in [2.45, 2.75) is 77.0 Å². The molecule has 2 aliphatic rings. The fourth-order valence-corrected chi connectivity index (χ4v) is 3.37. The molecular formula is C20H30N2O6. The molecule has 8 heteroatoms. The maximum absolute atomic E-state index is 12.4. The summed E-state index contributed by atoms with van der Waals surface area (Å²) in [6.07, 6.45) is 8.38. The molecule has 1 saturated heterocycles. The Bertz CT molecular complexity index is 594. The lowest BCUT2D eigenvalue weighted by molar-refractivity contribution is -0.197. The van der Waals surface area contributed by atoms with Gasteiger partial charge in [0.2, 0.25) is 0 Å². The summed E-state index contributed by atoms with van der Waals surface area (Å²) in [5.74, 6) is -1.94. The fourth-order valence-electron chi connectivity index (χ4n) is 3.37. The van der Waals surface area contributed by atoms with E-state index in [1.807, 2.05) is 0 Å². The minimum atomic E-state index is -0.648. The second-order valence-corrected chi connectivity index (χ2v) is 7.41. The third kappa shape index (κ3) is 6.65. The minimum absolute atomic E-state index is 0.0283. The fraction of sp³-hybridized carbons (Fsp3) is 0.700. The van der Waals surface area contributed by atoms with Crippen LogP contribution in [0.1, 0.15) is 77.0 Å². The predicted molar refractivity (Wildman–Crippen MR) is 99.8 cm³/mol. The number of hydrogen-bond donors (Lipinski definition) is 0. The van der Waals surface area contributed by atoms with Gasteiger partial charge in [-0.1, -0.05) is 38.7 Å². The second-order valence-electron chi connectivity index (χ2n) is 7.41. The number of carbonyl (C=O) groups is 4. The molecule has 28 heavy (non-hydrogen) atoms. The van der Waals surface area contributed by atoms with Crippen LogP contribution < -0.4 is 0 Å². The van der Waals surface area contributed by atoms with Gasteiger partial charge in [-0.2, -0.15) is 0 Å². The molecule has 0 aromatic carbocycles. The van der Waals surface area contributed by atoms with Crippen LogP contribution in [0.2, 0.25) is 0 Å². The molecule has 0 aromatic heterocycles. The molecule has 2 fully saturated rings. The Hall–Kier alpha value is -2.38. The molecule has 0 N–H and O–H groups in total. The second kappa shape index (κ2) is 10.8. The zero-order chi connectivity index (χ0) is 20.5. The lowest BCUT2D eigenvalue weighted by atomic mass is 9.91. The van der Waals surface area contributed by atoms with E-state index >= 15 is 0 Å². The lowest BCUT2D eigenvalue weighted by Gasteiger charge is -2.24. The predicted octanol–water partition coefficient (Wildman–Crippen LogP) is 3.03. The van der Waals surface area contributed by atoms with Crippen LogP contribution in [0.5, 0.6) is 0 Å². The first-order valence-corrected chi connectivity index (χ1v) is 10.1. The molecule has 0 unspecified atom stereocenters. The summed E-state index contributed by atoms with van der Waals surface area (Å²) in [7, 11) is 1.63. The van der Waals surface area contributed by atoms with E-state index in [2.05, 4.69) is 6.58 Å². The average molecular weight is 394 g/mol. The Morgan fingerprint density at radius 1 is 1.04 bits per heavy atom. The Kier molecular flexibility index (Phi) is 8.47. The zero-order valence-electron chi connectivity index (χ0n) is 16.6. The van der Waals surface area contributed by atoms with Crippen molar-refractivity contribution in [3.63, 3.8) is 0 Å². The molecule has 0 aromatic rings. The van der Waals surface area contributed by atoms with E-state index in [-0.39, 0.29) is 31.1 Å². The van der Waals surface area contributed by atoms with Crippen LogP contribution in [0.15, 0.2) is 12.3 Å². The third-order valence-corrected chi connectivity index (χ3v) is 5.16. The molecule has 0 spiro atoms. The van der Waals surface area contributed by atoms with Gasteiger partial charge in [0.05, 0.1) is 5.92 Å². The van der Waals surface area contributed by atoms with Crippen LogP contribution >= 0.6 is 0 Å². The van der Waals surface area contributed by atoms with Gasteiger partial charge in [0, 0.05) is 32.0 Å². The van der Waals surface area contributed by atoms with E-state index in [9.17, 15) is 19.2 Å². The Balaban J connectivity index is 1.67. The highest BCUT2D eigenvalue weighted by Crippen LogP contribution is 2.24. The number of hydroxylamine groups is 4. The van der Waals surface area contributed by atoms with Gasteiger partial charge in [-0.25, -0.2) is 14.7 Å². The molecule has 156 valence electrons. The number of hydrogen-bond acceptors (Lipinski definition) is 7. The Morgan fingerprint density at radius 2 is 1.61 bits per heavy atom. The molecule has 1 aliphatic carbocycles. The first-order chi connectivity index (χ1) is 13.4. The van der Waals surface area contributed by atoms with Gasteiger partial charge in [-0.3, -0.25) is 9.59 Å². The van der Waals surface area contributed by atoms with Crippen LogP contribution in [0.25, 0.3) is 0 Å². The van der Waals surface area contributed by atoms with Crippen LogP contribution in [0, 0.1) is 5.92 Å². The number of carbonyl (C=O) groups excluding carboxylic acids is 4. The van der Waals surface area contributed by atoms with E-state index in [0.29, 0.717) is 23.6 Å². The standard InChI is InChI=1S/C20H30N2O6/c1-15(9-8-12-19(25)27-22-17(23)13-14-18(22)24)21(2)28-20(26)16-10-6-4-3-5-7-11-16/h16H,1,3-14H2,2H3. The summed E-state index contributed by atoms with van der Waals surface area (Å²) < 4.78 is 0. The molecule has 1 aliphatic heterocycles. The SMILES string of the molecule is C=C(CCCC(=O)ON1C(=O)CCC1=O)N(C)OC(=O)C1CCCCCCC1. The van der Waals surface area contributed by atoms with Gasteiger partial charge in [-0.15, -0.1) is 5.06 Å². The molecule has 1 saturated carbocycles. The number of allylic oxidation sites excluding steroid dienone is 1. The molecule has 0 radical (unpaired) electrons. The highest BCUT2D eigenvalue weighted by Gasteiger charge is 2.32. The van der Waals surface area contributed by atoms with E-state index in [1.165, 1.54) is 11.5 Å². The Labute approximate surface area is 165 Å². The highest BCUT2D eigenvalue weighted by atomic mass is 16.7. The molecule has 2 amide bonds. The minimum Gasteiger partial charge on any atom is -0.341 e. The molecule has 0 atom stereocenters. The van der Waals surface area contributed by atoms with E-state index in [0.717, 1.165) is 38.5 Å². The summed E-state index contributed by atoms with van der Waals surface area (Å²) in [5, 5.41) is 1.90. The van der Waals surface area contributed by atoms with Crippen molar-refractivity contribution in [1.82, 2.24) is 10.1 Å². The molecule has 0 bridgehead atoms. The van der Waals surface area contributed by atoms with Gasteiger partial charge >= 0.3 is 11.9 Å². The van der Waals surface area contributed by atoms with Crippen molar-refractivity contribution >= 4 is 23.8 Å². The average Bonchev–Trinajstić information content (AvgIpc) is 2.93. The monoisotopic (exact) mass is 394 g/mol. The van der Waals surface area contributed by atoms with Crippen molar-refractivity contribution in [3.8, 4) is 0 Å². The molecule has 8 nitrogen and oxygen atoms in total. The van der Waals surface area contributed by atoms with Crippen LogP contribution in [0.4, 0.5) is 0 Å². The summed E-state index contributed by atoms with van der Waals surface area (Å²) in [6, 6.07) is 0. The summed E-state index contributed by atoms with van der Waals surface area (Å²) in [5.41, 5.74) is 0.570. The maximum atomic E-state index is 12.4. The van der Waals surface area contributed by atoms with Crippen LogP contribution in [0.3, 0.4) is 0 Å². The first kappa shape index (κ1) is 21.9. The van der Waals surface area contributed by atoms with Gasteiger partial charge < -0.3 is 9.68 Å². The quantitative estimate of drug-likeness (QED) is 0.461. The van der Waals surface area contributed by atoms with E-state index in [1.54, 1.807) is 7.05 Å². The molecular weight excluding hydrogens is 364 g/mol. The number of rotatable bonds is 8. The molecule has 2 rings (SSSR count). The van der Waals surface area contributed by atoms with Crippen molar-refractivity contribution < 1.29 is 28.9 Å². The zero-order valence-corrected chi connectivity index (χ0v) is 16.6. The topological polar surface area (TPSA) is 93.2 Å². The van der Waals surface area contributed by atoms with Crippen molar-refractivity contribution in [2.24, 2.45) is 5.92 Å². The van der Waals surface area contributed by atoms with Gasteiger partial charge in [0.25, 0.3) is 11.8 Å². The van der Waals surface area contributed by atoms with Crippen molar-refractivity contribution in [2.75, 3.05) is 7.05 Å². The number of nitrogens with zero attached hydrogens (tertiary/aromatic N) is 2. The van der Waals surface area contributed by atoms with Gasteiger partial charge in [0.1, 0.15) is 0 Å². The summed E-state index contributed by atoms with van der Waals surface area (Å²) in [4.78, 5) is 57.2. The number of amides is 2. The number of imide groups is 1. The van der Waals surface area contributed by atoms with Crippen LogP contribution in [-0.4, -0.2) is 40.9 Å². The first-order valence-electron chi connectivity index (χ1n) is 10.1. The maximum Gasteiger partial charge on any atom is 0.335 e. The van der Waals surface area contributed by atoms with Gasteiger partial charge in [0.15, 0.2) is 0 Å². The van der Waals surface area contributed by atoms with E-state index < -0.39 is 17.8 Å². The summed E-state index contributed by atoms with van der Waals surface area (Å²) in [6.45, 7) is 3.89. The largest absolute Gasteiger partial charge is 0.341 e. The summed E-state index contributed by atoms with van der Waals surface area (Å²) >= 11 is 0. The third-order valence-electron chi connectivity index (χ3n) is 5.16. The smallest absolute Gasteiger partial charge is 0.335 e. The van der Waals surface area contributed by atoms with Crippen LogP contribution in [-0.2, 0) is 28.9 Å². The van der Waals surface area contributed by atoms with Crippen molar-refractivity contribution in [3.05, 3.63) is 12.3 Å². The lowest BCUT2D eigenvalue weighted by Crippen LogP contribution is -2.32. The molecule has 1 heterocycles. The highest BCUT2D eigenvalue weighted by molar-refractivity contribution is 6.01. The Morgan fingerprint density at radius 3 is 2.21 bits per heavy atom. The van der Waals surface area contributed by atoms with E-state index in [4.69, 9.17) is 9.68 Å². The van der Waals surface area contributed by atoms with Gasteiger partial charge in [-0.05, 0) is 25.7 Å². The van der Waals surface area contributed by atoms with Crippen molar-refractivity contribution in [1.29, 1.82) is 0 Å². The normalized spacial score (nSPS) is 18.4.